The molecule has 3 rings (SSSR count). The van der Waals surface area contributed by atoms with Gasteiger partial charge in [0.05, 0.1) is 11.3 Å². The monoisotopic (exact) mass is 463 g/mol. The summed E-state index contributed by atoms with van der Waals surface area (Å²) in [5, 5.41) is 15.4. The number of aliphatic hydroxyl groups is 1. The van der Waals surface area contributed by atoms with Crippen LogP contribution in [-0.2, 0) is 11.2 Å². The molecule has 1 aliphatic heterocycles. The van der Waals surface area contributed by atoms with Gasteiger partial charge in [-0.05, 0) is 64.0 Å². The highest BCUT2D eigenvalue weighted by molar-refractivity contribution is 5.80. The van der Waals surface area contributed by atoms with Crippen LogP contribution in [0.25, 0.3) is 11.1 Å². The number of anilines is 1. The number of pyridine rings is 2. The van der Waals surface area contributed by atoms with E-state index in [2.05, 4.69) is 35.6 Å². The van der Waals surface area contributed by atoms with Crippen LogP contribution in [-0.4, -0.2) is 45.3 Å². The second-order valence-electron chi connectivity index (χ2n) is 9.93. The lowest BCUT2D eigenvalue weighted by Crippen LogP contribution is -2.38. The van der Waals surface area contributed by atoms with E-state index in [-0.39, 0.29) is 6.47 Å². The Bertz CT molecular complexity index is 965. The normalized spacial score (nSPS) is 15.0. The number of halogens is 1. The zero-order valence-electron chi connectivity index (χ0n) is 20.8. The molecular weight excluding hydrogens is 425 g/mol. The molecule has 0 saturated carbocycles. The summed E-state index contributed by atoms with van der Waals surface area (Å²) in [5.41, 5.74) is 4.06. The molecule has 3 heterocycles. The Hall–Kier alpha value is -2.74. The predicted molar refractivity (Wildman–Crippen MR) is 130 cm³/mol. The van der Waals surface area contributed by atoms with Gasteiger partial charge in [-0.15, -0.1) is 0 Å². The highest BCUT2D eigenvalue weighted by atomic mass is 19.1. The fraction of sp³-hybridized carbons (Fsp3) is 0.560. The molecule has 184 valence electrons. The van der Waals surface area contributed by atoms with E-state index in [1.165, 1.54) is 11.6 Å². The standard InChI is InChI=1S/C20H26FN3O.C4H10O.CH2O2/c1-5-15-13(2)22-12-16(14-10-17(21)19(25)23-11-14)18(15)24-8-6-20(3,4)7-9-24;1-4(2,3)5;2-1-3/h10-12H,5-9H2,1-4H3,(H,23,25);5H,1-3H3;1H,(H,2,3). The van der Waals surface area contributed by atoms with E-state index < -0.39 is 17.0 Å². The van der Waals surface area contributed by atoms with Crippen LogP contribution in [0.15, 0.2) is 23.3 Å². The van der Waals surface area contributed by atoms with Crippen molar-refractivity contribution in [1.29, 1.82) is 0 Å². The van der Waals surface area contributed by atoms with Crippen molar-refractivity contribution in [2.24, 2.45) is 5.41 Å². The van der Waals surface area contributed by atoms with Gasteiger partial charge < -0.3 is 20.1 Å². The molecule has 0 spiro atoms. The third kappa shape index (κ3) is 8.96. The molecule has 0 aliphatic carbocycles. The minimum atomic E-state index is -0.762. The van der Waals surface area contributed by atoms with E-state index in [4.69, 9.17) is 15.0 Å². The lowest BCUT2D eigenvalue weighted by Gasteiger charge is -2.40. The van der Waals surface area contributed by atoms with Gasteiger partial charge in [0.15, 0.2) is 5.82 Å². The van der Waals surface area contributed by atoms with Crippen molar-refractivity contribution in [1.82, 2.24) is 9.97 Å². The molecule has 0 amide bonds. The highest BCUT2D eigenvalue weighted by Gasteiger charge is 2.28. The molecule has 3 N–H and O–H groups in total. The van der Waals surface area contributed by atoms with E-state index in [1.54, 1.807) is 33.2 Å². The van der Waals surface area contributed by atoms with Gasteiger partial charge in [-0.3, -0.25) is 14.6 Å². The average molecular weight is 464 g/mol. The van der Waals surface area contributed by atoms with E-state index in [1.807, 2.05) is 6.92 Å². The van der Waals surface area contributed by atoms with Gasteiger partial charge in [-0.25, -0.2) is 4.39 Å². The number of rotatable bonds is 3. The van der Waals surface area contributed by atoms with Crippen LogP contribution in [0.3, 0.4) is 0 Å². The lowest BCUT2D eigenvalue weighted by molar-refractivity contribution is -0.122. The van der Waals surface area contributed by atoms with Crippen molar-refractivity contribution in [2.45, 2.75) is 73.3 Å². The number of nitrogens with zero attached hydrogens (tertiary/aromatic N) is 2. The Kier molecular flexibility index (Phi) is 10.2. The van der Waals surface area contributed by atoms with Crippen LogP contribution in [0, 0.1) is 18.2 Å². The van der Waals surface area contributed by atoms with Gasteiger partial charge in [0.2, 0.25) is 0 Å². The number of hydrogen-bond donors (Lipinski definition) is 3. The van der Waals surface area contributed by atoms with Gasteiger partial charge in [-0.1, -0.05) is 20.8 Å². The fourth-order valence-electron chi connectivity index (χ4n) is 3.58. The first-order valence-electron chi connectivity index (χ1n) is 11.2. The summed E-state index contributed by atoms with van der Waals surface area (Å²) in [6.45, 7) is 15.7. The minimum Gasteiger partial charge on any atom is -0.483 e. The maximum atomic E-state index is 13.8. The third-order valence-electron chi connectivity index (χ3n) is 5.32. The molecule has 0 atom stereocenters. The molecule has 7 nitrogen and oxygen atoms in total. The molecule has 33 heavy (non-hydrogen) atoms. The summed E-state index contributed by atoms with van der Waals surface area (Å²) in [5.74, 6) is -0.762. The molecule has 2 aromatic heterocycles. The largest absolute Gasteiger partial charge is 0.483 e. The Morgan fingerprint density at radius 1 is 1.27 bits per heavy atom. The summed E-state index contributed by atoms with van der Waals surface area (Å²) >= 11 is 0. The van der Waals surface area contributed by atoms with Crippen molar-refractivity contribution in [3.63, 3.8) is 0 Å². The number of aromatic nitrogens is 2. The lowest BCUT2D eigenvalue weighted by atomic mass is 9.82. The third-order valence-corrected chi connectivity index (χ3v) is 5.32. The highest BCUT2D eigenvalue weighted by Crippen LogP contribution is 2.39. The maximum absolute atomic E-state index is 13.8. The number of carbonyl (C=O) groups is 1. The molecule has 2 aromatic rings. The fourth-order valence-corrected chi connectivity index (χ4v) is 3.58. The van der Waals surface area contributed by atoms with Gasteiger partial charge >= 0.3 is 0 Å². The zero-order valence-corrected chi connectivity index (χ0v) is 20.8. The molecule has 1 saturated heterocycles. The first-order valence-corrected chi connectivity index (χ1v) is 11.2. The van der Waals surface area contributed by atoms with Crippen molar-refractivity contribution in [2.75, 3.05) is 18.0 Å². The molecule has 0 aromatic carbocycles. The average Bonchev–Trinajstić information content (AvgIpc) is 2.69. The Labute approximate surface area is 195 Å². The first kappa shape index (κ1) is 28.3. The summed E-state index contributed by atoms with van der Waals surface area (Å²) in [6.07, 6.45) is 6.49. The quantitative estimate of drug-likeness (QED) is 0.577. The smallest absolute Gasteiger partial charge is 0.290 e. The Morgan fingerprint density at radius 2 is 1.79 bits per heavy atom. The SMILES string of the molecule is CC(C)(C)O.CCc1c(C)ncc(-c2c[nH]c(=O)c(F)c2)c1N1CCC(C)(C)CC1.O=CO. The van der Waals surface area contributed by atoms with Crippen molar-refractivity contribution in [3.8, 4) is 11.1 Å². The van der Waals surface area contributed by atoms with Crippen LogP contribution in [0.2, 0.25) is 0 Å². The number of aryl methyl sites for hydroxylation is 1. The van der Waals surface area contributed by atoms with E-state index in [0.29, 0.717) is 11.0 Å². The Morgan fingerprint density at radius 3 is 2.24 bits per heavy atom. The second kappa shape index (κ2) is 11.9. The molecule has 1 fully saturated rings. The number of hydrogen-bond acceptors (Lipinski definition) is 5. The molecular formula is C25H38FN3O4. The minimum absolute atomic E-state index is 0.250. The van der Waals surface area contributed by atoms with Crippen LogP contribution in [0.1, 0.15) is 65.6 Å². The summed E-state index contributed by atoms with van der Waals surface area (Å²) < 4.78 is 13.8. The number of piperidine rings is 1. The van der Waals surface area contributed by atoms with Crippen LogP contribution in [0.4, 0.5) is 10.1 Å². The molecule has 0 bridgehead atoms. The number of H-pyrrole nitrogens is 1. The summed E-state index contributed by atoms with van der Waals surface area (Å²) in [7, 11) is 0. The number of carboxylic acid groups (broad SMARTS) is 1. The summed E-state index contributed by atoms with van der Waals surface area (Å²) in [4.78, 5) is 29.1. The molecule has 1 aliphatic rings. The van der Waals surface area contributed by atoms with Gasteiger partial charge in [0.1, 0.15) is 0 Å². The zero-order chi connectivity index (χ0) is 25.4. The van der Waals surface area contributed by atoms with E-state index in [9.17, 15) is 9.18 Å². The first-order chi connectivity index (χ1) is 15.2. The van der Waals surface area contributed by atoms with Crippen molar-refractivity contribution in [3.05, 3.63) is 45.9 Å². The molecule has 0 radical (unpaired) electrons. The summed E-state index contributed by atoms with van der Waals surface area (Å²) in [6, 6.07) is 1.31. The van der Waals surface area contributed by atoms with Crippen molar-refractivity contribution >= 4 is 12.2 Å². The van der Waals surface area contributed by atoms with Gasteiger partial charge in [0.25, 0.3) is 12.0 Å². The second-order valence-corrected chi connectivity index (χ2v) is 9.93. The van der Waals surface area contributed by atoms with Gasteiger partial charge in [0, 0.05) is 42.3 Å². The Balaban J connectivity index is 0.000000591. The molecule has 8 heteroatoms. The van der Waals surface area contributed by atoms with Crippen LogP contribution >= 0.6 is 0 Å². The number of nitrogens with one attached hydrogen (secondary N) is 1. The van der Waals surface area contributed by atoms with Crippen LogP contribution in [0.5, 0.6) is 0 Å². The van der Waals surface area contributed by atoms with Crippen molar-refractivity contribution < 1.29 is 19.4 Å². The topological polar surface area (TPSA) is 107 Å². The molecule has 0 unspecified atom stereocenters. The van der Waals surface area contributed by atoms with Gasteiger partial charge in [-0.2, -0.15) is 0 Å². The number of aromatic amines is 1. The van der Waals surface area contributed by atoms with Crippen LogP contribution < -0.4 is 10.5 Å². The predicted octanol–water partition coefficient (Wildman–Crippen LogP) is 4.55. The van der Waals surface area contributed by atoms with E-state index >= 15 is 0 Å². The maximum Gasteiger partial charge on any atom is 0.290 e. The van der Waals surface area contributed by atoms with E-state index in [0.717, 1.165) is 49.3 Å².